The van der Waals surface area contributed by atoms with Crippen molar-refractivity contribution in [3.05, 3.63) is 23.8 Å². The van der Waals surface area contributed by atoms with Crippen molar-refractivity contribution in [1.82, 2.24) is 9.97 Å². The van der Waals surface area contributed by atoms with Crippen molar-refractivity contribution in [1.29, 1.82) is 0 Å². The van der Waals surface area contributed by atoms with E-state index in [4.69, 9.17) is 10.5 Å². The van der Waals surface area contributed by atoms with Crippen LogP contribution in [0.3, 0.4) is 0 Å². The molecule has 0 bridgehead atoms. The second-order valence-corrected chi connectivity index (χ2v) is 5.19. The first-order valence-electron chi connectivity index (χ1n) is 6.88. The highest BCUT2D eigenvalue weighted by molar-refractivity contribution is 5.11. The molecule has 2 rings (SSSR count). The van der Waals surface area contributed by atoms with Gasteiger partial charge < -0.3 is 10.5 Å². The normalized spacial score (nSPS) is 19.9. The second kappa shape index (κ2) is 5.76. The van der Waals surface area contributed by atoms with Crippen LogP contribution in [-0.2, 0) is 16.8 Å². The summed E-state index contributed by atoms with van der Waals surface area (Å²) in [5, 5.41) is 0. The molecule has 100 valence electrons. The van der Waals surface area contributed by atoms with Crippen LogP contribution in [0.25, 0.3) is 0 Å². The van der Waals surface area contributed by atoms with E-state index in [2.05, 4.69) is 9.97 Å². The molecule has 4 nitrogen and oxygen atoms in total. The van der Waals surface area contributed by atoms with Crippen LogP contribution in [0, 0.1) is 0 Å². The highest BCUT2D eigenvalue weighted by Crippen LogP contribution is 2.40. The summed E-state index contributed by atoms with van der Waals surface area (Å²) in [7, 11) is 0. The van der Waals surface area contributed by atoms with Crippen LogP contribution in [0.2, 0.25) is 0 Å². The molecule has 0 saturated heterocycles. The Kier molecular flexibility index (Phi) is 4.30. The van der Waals surface area contributed by atoms with Gasteiger partial charge in [-0.3, -0.25) is 0 Å². The number of nitrogens with zero attached hydrogens (tertiary/aromatic N) is 2. The van der Waals surface area contributed by atoms with Gasteiger partial charge in [0.25, 0.3) is 0 Å². The minimum absolute atomic E-state index is 0.124. The van der Waals surface area contributed by atoms with Gasteiger partial charge in [-0.15, -0.1) is 0 Å². The molecular weight excluding hydrogens is 226 g/mol. The lowest BCUT2D eigenvalue weighted by atomic mass is 10.0. The second-order valence-electron chi connectivity index (χ2n) is 5.19. The lowest BCUT2D eigenvalue weighted by molar-refractivity contribution is -0.0458. The largest absolute Gasteiger partial charge is 0.367 e. The van der Waals surface area contributed by atoms with Crippen molar-refractivity contribution in [2.24, 2.45) is 5.73 Å². The van der Waals surface area contributed by atoms with Crippen molar-refractivity contribution in [3.63, 3.8) is 0 Å². The molecule has 1 aliphatic rings. The average molecular weight is 249 g/mol. The molecule has 0 spiro atoms. The van der Waals surface area contributed by atoms with Crippen LogP contribution in [0.1, 0.15) is 51.0 Å². The van der Waals surface area contributed by atoms with E-state index in [1.165, 1.54) is 12.8 Å². The van der Waals surface area contributed by atoms with E-state index >= 15 is 0 Å². The molecule has 0 aliphatic heterocycles. The van der Waals surface area contributed by atoms with Crippen molar-refractivity contribution in [2.45, 2.75) is 57.6 Å². The Balaban J connectivity index is 2.25. The predicted octanol–water partition coefficient (Wildman–Crippen LogP) is 2.17. The van der Waals surface area contributed by atoms with E-state index in [0.29, 0.717) is 6.61 Å². The summed E-state index contributed by atoms with van der Waals surface area (Å²) in [6, 6.07) is 2.07. The maximum absolute atomic E-state index is 5.98. The van der Waals surface area contributed by atoms with E-state index in [-0.39, 0.29) is 11.6 Å². The lowest BCUT2D eigenvalue weighted by Gasteiger charge is -2.27. The fourth-order valence-electron chi connectivity index (χ4n) is 2.71. The standard InChI is InChI=1S/C14H23N3O/c1-3-18-14(7-4-5-8-14)13-16-9-6-12(17-13)10-11(2)15/h6,9,11H,3-5,7-8,10,15H2,1-2H3. The molecule has 1 aliphatic carbocycles. The zero-order valence-electron chi connectivity index (χ0n) is 11.4. The summed E-state index contributed by atoms with van der Waals surface area (Å²) in [6.07, 6.45) is 7.07. The van der Waals surface area contributed by atoms with Gasteiger partial charge >= 0.3 is 0 Å². The van der Waals surface area contributed by atoms with Gasteiger partial charge in [0.1, 0.15) is 5.60 Å². The Labute approximate surface area is 109 Å². The monoisotopic (exact) mass is 249 g/mol. The molecule has 1 unspecified atom stereocenters. The first kappa shape index (κ1) is 13.4. The summed E-state index contributed by atoms with van der Waals surface area (Å²) in [5.41, 5.74) is 6.60. The van der Waals surface area contributed by atoms with Crippen molar-refractivity contribution >= 4 is 0 Å². The molecule has 1 atom stereocenters. The van der Waals surface area contributed by atoms with E-state index in [1.807, 2.05) is 26.1 Å². The minimum Gasteiger partial charge on any atom is -0.367 e. The fourth-order valence-corrected chi connectivity index (χ4v) is 2.71. The molecule has 4 heteroatoms. The highest BCUT2D eigenvalue weighted by Gasteiger charge is 2.39. The first-order valence-corrected chi connectivity index (χ1v) is 6.88. The minimum atomic E-state index is -0.247. The van der Waals surface area contributed by atoms with Gasteiger partial charge in [0.2, 0.25) is 0 Å². The molecule has 0 aromatic carbocycles. The molecule has 2 N–H and O–H groups in total. The van der Waals surface area contributed by atoms with Crippen LogP contribution < -0.4 is 5.73 Å². The third-order valence-electron chi connectivity index (χ3n) is 3.48. The van der Waals surface area contributed by atoms with Gasteiger partial charge in [-0.25, -0.2) is 9.97 Å². The maximum Gasteiger partial charge on any atom is 0.160 e. The van der Waals surface area contributed by atoms with E-state index in [0.717, 1.165) is 30.8 Å². The molecule has 0 radical (unpaired) electrons. The van der Waals surface area contributed by atoms with Crippen LogP contribution in [0.4, 0.5) is 0 Å². The molecule has 1 fully saturated rings. The summed E-state index contributed by atoms with van der Waals surface area (Å²) >= 11 is 0. The Morgan fingerprint density at radius 2 is 2.17 bits per heavy atom. The quantitative estimate of drug-likeness (QED) is 0.868. The van der Waals surface area contributed by atoms with Crippen LogP contribution >= 0.6 is 0 Å². The summed E-state index contributed by atoms with van der Waals surface area (Å²) in [5.74, 6) is 0.847. The fraction of sp³-hybridized carbons (Fsp3) is 0.714. The van der Waals surface area contributed by atoms with E-state index < -0.39 is 0 Å². The molecular formula is C14H23N3O. The van der Waals surface area contributed by atoms with Gasteiger partial charge in [0, 0.05) is 31.0 Å². The Hall–Kier alpha value is -1.00. The van der Waals surface area contributed by atoms with Gasteiger partial charge in [-0.05, 0) is 45.6 Å². The van der Waals surface area contributed by atoms with E-state index in [1.54, 1.807) is 0 Å². The van der Waals surface area contributed by atoms with Gasteiger partial charge in [0.05, 0.1) is 0 Å². The van der Waals surface area contributed by atoms with Crippen molar-refractivity contribution in [2.75, 3.05) is 6.61 Å². The number of nitrogens with two attached hydrogens (primary N) is 1. The van der Waals surface area contributed by atoms with Crippen molar-refractivity contribution < 1.29 is 4.74 Å². The van der Waals surface area contributed by atoms with Crippen molar-refractivity contribution in [3.8, 4) is 0 Å². The van der Waals surface area contributed by atoms with Gasteiger partial charge in [0.15, 0.2) is 5.82 Å². The third kappa shape index (κ3) is 2.87. The lowest BCUT2D eigenvalue weighted by Crippen LogP contribution is -2.29. The summed E-state index contributed by atoms with van der Waals surface area (Å²) in [6.45, 7) is 4.74. The molecule has 1 heterocycles. The Bertz CT molecular complexity index is 386. The van der Waals surface area contributed by atoms with Crippen LogP contribution in [0.15, 0.2) is 12.3 Å². The predicted molar refractivity (Wildman–Crippen MR) is 71.2 cm³/mol. The van der Waals surface area contributed by atoms with Gasteiger partial charge in [-0.1, -0.05) is 0 Å². The topological polar surface area (TPSA) is 61.0 Å². The average Bonchev–Trinajstić information content (AvgIpc) is 2.79. The third-order valence-corrected chi connectivity index (χ3v) is 3.48. The Morgan fingerprint density at radius 1 is 1.44 bits per heavy atom. The molecule has 0 amide bonds. The highest BCUT2D eigenvalue weighted by atomic mass is 16.5. The number of ether oxygens (including phenoxy) is 1. The van der Waals surface area contributed by atoms with Crippen LogP contribution in [0.5, 0.6) is 0 Å². The summed E-state index contributed by atoms with van der Waals surface area (Å²) < 4.78 is 5.98. The number of hydrogen-bond acceptors (Lipinski definition) is 4. The SMILES string of the molecule is CCOC1(c2nccc(CC(C)N)n2)CCCC1. The molecule has 18 heavy (non-hydrogen) atoms. The summed E-state index contributed by atoms with van der Waals surface area (Å²) in [4.78, 5) is 9.11. The molecule has 1 saturated carbocycles. The zero-order valence-corrected chi connectivity index (χ0v) is 11.4. The first-order chi connectivity index (χ1) is 8.66. The number of aromatic nitrogens is 2. The number of rotatable bonds is 5. The van der Waals surface area contributed by atoms with Gasteiger partial charge in [-0.2, -0.15) is 0 Å². The molecule has 1 aromatic rings. The zero-order chi connectivity index (χ0) is 13.0. The Morgan fingerprint density at radius 3 is 2.78 bits per heavy atom. The smallest absolute Gasteiger partial charge is 0.160 e. The van der Waals surface area contributed by atoms with E-state index in [9.17, 15) is 0 Å². The molecule has 1 aromatic heterocycles. The maximum atomic E-state index is 5.98. The van der Waals surface area contributed by atoms with Crippen LogP contribution in [-0.4, -0.2) is 22.6 Å². The number of hydrogen-bond donors (Lipinski definition) is 1.